The largest absolute Gasteiger partial charge is 0.345 e. The number of piperazine rings is 1. The first-order valence-corrected chi connectivity index (χ1v) is 13.0. The van der Waals surface area contributed by atoms with Crippen LogP contribution in [0.1, 0.15) is 11.1 Å². The van der Waals surface area contributed by atoms with Crippen LogP contribution in [0, 0.1) is 6.92 Å². The first kappa shape index (κ1) is 21.5. The van der Waals surface area contributed by atoms with E-state index in [4.69, 9.17) is 16.6 Å². The van der Waals surface area contributed by atoms with Gasteiger partial charge in [-0.3, -0.25) is 0 Å². The highest BCUT2D eigenvalue weighted by atomic mass is 35.5. The summed E-state index contributed by atoms with van der Waals surface area (Å²) in [5, 5.41) is 6.82. The Morgan fingerprint density at radius 1 is 0.971 bits per heavy atom. The van der Waals surface area contributed by atoms with E-state index < -0.39 is 0 Å². The highest BCUT2D eigenvalue weighted by Crippen LogP contribution is 2.38. The monoisotopic (exact) mass is 485 g/mol. The van der Waals surface area contributed by atoms with Crippen molar-refractivity contribution < 1.29 is 4.90 Å². The van der Waals surface area contributed by atoms with Gasteiger partial charge in [-0.25, -0.2) is 9.97 Å². The lowest BCUT2D eigenvalue weighted by molar-refractivity contribution is -0.914. The van der Waals surface area contributed by atoms with Gasteiger partial charge in [0.15, 0.2) is 0 Å². The maximum Gasteiger partial charge on any atom is 0.141 e. The second-order valence-electron chi connectivity index (χ2n) is 9.03. The van der Waals surface area contributed by atoms with Crippen molar-refractivity contribution in [3.63, 3.8) is 0 Å². The van der Waals surface area contributed by atoms with Crippen LogP contribution in [0.5, 0.6) is 0 Å². The van der Waals surface area contributed by atoms with Gasteiger partial charge in [-0.2, -0.15) is 0 Å². The fourth-order valence-corrected chi connectivity index (χ4v) is 6.12. The molecule has 6 rings (SSSR count). The van der Waals surface area contributed by atoms with Crippen LogP contribution in [0.15, 0.2) is 72.4 Å². The molecule has 34 heavy (non-hydrogen) atoms. The number of nitrogens with zero attached hydrogens (tertiary/aromatic N) is 3. The molecule has 6 heteroatoms. The van der Waals surface area contributed by atoms with Gasteiger partial charge < -0.3 is 9.80 Å². The SMILES string of the molecule is Cc1ccc2ccccc2c1C[NH+]1CCN(c2ncnc3scc(-c4ccc(Cl)cc4)c23)CC1. The molecule has 3 aromatic carbocycles. The van der Waals surface area contributed by atoms with Gasteiger partial charge in [-0.1, -0.05) is 60.1 Å². The number of halogens is 1. The van der Waals surface area contributed by atoms with Gasteiger partial charge in [-0.05, 0) is 41.0 Å². The molecule has 2 aromatic heterocycles. The minimum Gasteiger partial charge on any atom is -0.345 e. The van der Waals surface area contributed by atoms with Gasteiger partial charge in [0.2, 0.25) is 0 Å². The van der Waals surface area contributed by atoms with Crippen molar-refractivity contribution >= 4 is 49.7 Å². The number of nitrogens with one attached hydrogen (secondary N) is 1. The molecule has 1 N–H and O–H groups in total. The number of anilines is 1. The average molecular weight is 486 g/mol. The molecule has 1 fully saturated rings. The van der Waals surface area contributed by atoms with E-state index in [2.05, 4.69) is 70.7 Å². The smallest absolute Gasteiger partial charge is 0.141 e. The summed E-state index contributed by atoms with van der Waals surface area (Å²) in [6.07, 6.45) is 1.71. The van der Waals surface area contributed by atoms with Crippen LogP contribution in [0.2, 0.25) is 5.02 Å². The number of rotatable bonds is 4. The molecular weight excluding hydrogens is 460 g/mol. The van der Waals surface area contributed by atoms with Gasteiger partial charge >= 0.3 is 0 Å². The van der Waals surface area contributed by atoms with Crippen molar-refractivity contribution in [3.05, 3.63) is 88.5 Å². The Morgan fingerprint density at radius 3 is 2.59 bits per heavy atom. The molecule has 3 heterocycles. The first-order chi connectivity index (χ1) is 16.7. The van der Waals surface area contributed by atoms with Gasteiger partial charge in [0.25, 0.3) is 0 Å². The molecule has 5 aromatic rings. The lowest BCUT2D eigenvalue weighted by atomic mass is 9.99. The summed E-state index contributed by atoms with van der Waals surface area (Å²) in [6, 6.07) is 21.3. The average Bonchev–Trinajstić information content (AvgIpc) is 3.31. The first-order valence-electron chi connectivity index (χ1n) is 11.7. The topological polar surface area (TPSA) is 33.5 Å². The normalized spacial score (nSPS) is 14.8. The molecule has 1 aliphatic rings. The molecular formula is C28H26ClN4S+. The number of quaternary nitrogens is 1. The van der Waals surface area contributed by atoms with E-state index in [-0.39, 0.29) is 0 Å². The second kappa shape index (κ2) is 8.99. The van der Waals surface area contributed by atoms with Crippen molar-refractivity contribution in [1.82, 2.24) is 9.97 Å². The van der Waals surface area contributed by atoms with E-state index in [9.17, 15) is 0 Å². The van der Waals surface area contributed by atoms with E-state index in [0.717, 1.165) is 59.3 Å². The Hall–Kier alpha value is -2.99. The minimum atomic E-state index is 0.750. The van der Waals surface area contributed by atoms with E-state index in [0.29, 0.717) is 0 Å². The summed E-state index contributed by atoms with van der Waals surface area (Å²) >= 11 is 7.81. The summed E-state index contributed by atoms with van der Waals surface area (Å²) in [4.78, 5) is 14.4. The van der Waals surface area contributed by atoms with Crippen LogP contribution in [-0.2, 0) is 6.54 Å². The number of fused-ring (bicyclic) bond motifs is 2. The van der Waals surface area contributed by atoms with Crippen molar-refractivity contribution in [2.75, 3.05) is 31.1 Å². The molecule has 0 bridgehead atoms. The zero-order valence-electron chi connectivity index (χ0n) is 19.1. The van der Waals surface area contributed by atoms with Crippen LogP contribution in [0.25, 0.3) is 32.1 Å². The van der Waals surface area contributed by atoms with Gasteiger partial charge in [0, 0.05) is 21.5 Å². The number of hydrogen-bond donors (Lipinski definition) is 1. The van der Waals surface area contributed by atoms with Crippen molar-refractivity contribution in [2.45, 2.75) is 13.5 Å². The number of aryl methyl sites for hydroxylation is 1. The fourth-order valence-electron chi connectivity index (χ4n) is 5.08. The van der Waals surface area contributed by atoms with E-state index in [1.165, 1.54) is 27.5 Å². The molecule has 0 aliphatic carbocycles. The van der Waals surface area contributed by atoms with Crippen molar-refractivity contribution in [3.8, 4) is 11.1 Å². The van der Waals surface area contributed by atoms with Gasteiger partial charge in [0.05, 0.1) is 31.6 Å². The number of thiophene rings is 1. The Bertz CT molecular complexity index is 1470. The third-order valence-electron chi connectivity index (χ3n) is 6.98. The van der Waals surface area contributed by atoms with Crippen LogP contribution >= 0.6 is 22.9 Å². The lowest BCUT2D eigenvalue weighted by Gasteiger charge is -2.33. The third-order valence-corrected chi connectivity index (χ3v) is 8.12. The fraction of sp³-hybridized carbons (Fsp3) is 0.214. The molecule has 0 amide bonds. The van der Waals surface area contributed by atoms with E-state index in [1.54, 1.807) is 22.6 Å². The molecule has 0 saturated carbocycles. The van der Waals surface area contributed by atoms with Crippen LogP contribution < -0.4 is 9.80 Å². The molecule has 170 valence electrons. The molecule has 1 saturated heterocycles. The van der Waals surface area contributed by atoms with Crippen LogP contribution in [0.3, 0.4) is 0 Å². The minimum absolute atomic E-state index is 0.750. The van der Waals surface area contributed by atoms with Crippen LogP contribution in [0.4, 0.5) is 5.82 Å². The molecule has 0 spiro atoms. The summed E-state index contributed by atoms with van der Waals surface area (Å²) < 4.78 is 0. The van der Waals surface area contributed by atoms with Crippen molar-refractivity contribution in [1.29, 1.82) is 0 Å². The molecule has 4 nitrogen and oxygen atoms in total. The van der Waals surface area contributed by atoms with Crippen LogP contribution in [-0.4, -0.2) is 36.1 Å². The molecule has 0 radical (unpaired) electrons. The summed E-state index contributed by atoms with van der Waals surface area (Å²) in [5.74, 6) is 1.05. The second-order valence-corrected chi connectivity index (χ2v) is 10.3. The Morgan fingerprint density at radius 2 is 1.76 bits per heavy atom. The molecule has 0 unspecified atom stereocenters. The Kier molecular flexibility index (Phi) is 5.69. The Labute approximate surface area is 208 Å². The van der Waals surface area contributed by atoms with E-state index in [1.807, 2.05) is 12.1 Å². The summed E-state index contributed by atoms with van der Waals surface area (Å²) in [5.41, 5.74) is 5.21. The Balaban J connectivity index is 1.25. The zero-order valence-corrected chi connectivity index (χ0v) is 20.7. The summed E-state index contributed by atoms with van der Waals surface area (Å²) in [6.45, 7) is 7.46. The maximum absolute atomic E-state index is 6.13. The summed E-state index contributed by atoms with van der Waals surface area (Å²) in [7, 11) is 0. The predicted octanol–water partition coefficient (Wildman–Crippen LogP) is 5.38. The maximum atomic E-state index is 6.13. The lowest BCUT2D eigenvalue weighted by Crippen LogP contribution is -3.13. The zero-order chi connectivity index (χ0) is 23.1. The highest BCUT2D eigenvalue weighted by Gasteiger charge is 2.25. The molecule has 0 atom stereocenters. The third kappa shape index (κ3) is 3.94. The number of aromatic nitrogens is 2. The van der Waals surface area contributed by atoms with Gasteiger partial charge in [0.1, 0.15) is 23.5 Å². The quantitative estimate of drug-likeness (QED) is 0.371. The highest BCUT2D eigenvalue weighted by molar-refractivity contribution is 7.17. The number of hydrogen-bond acceptors (Lipinski definition) is 4. The predicted molar refractivity (Wildman–Crippen MR) is 143 cm³/mol. The molecule has 1 aliphatic heterocycles. The van der Waals surface area contributed by atoms with E-state index >= 15 is 0 Å². The number of benzene rings is 3. The van der Waals surface area contributed by atoms with Crippen molar-refractivity contribution in [2.24, 2.45) is 0 Å². The standard InChI is InChI=1S/C28H25ClN4S/c1-19-6-7-20-4-2-3-5-23(20)24(19)16-32-12-14-33(15-13-32)27-26-25(17-34-28(26)31-18-30-27)21-8-10-22(29)11-9-21/h2-11,17-18H,12-16H2,1H3/p+1. The van der Waals surface area contributed by atoms with Gasteiger partial charge in [-0.15, -0.1) is 11.3 Å².